The van der Waals surface area contributed by atoms with Crippen molar-refractivity contribution in [3.63, 3.8) is 0 Å². The molecule has 1 amide bonds. The number of piperidine rings is 1. The van der Waals surface area contributed by atoms with Gasteiger partial charge in [-0.15, -0.1) is 0 Å². The van der Waals surface area contributed by atoms with Crippen LogP contribution in [0.2, 0.25) is 0 Å². The van der Waals surface area contributed by atoms with Gasteiger partial charge in [0.05, 0.1) is 6.04 Å². The summed E-state index contributed by atoms with van der Waals surface area (Å²) in [6.07, 6.45) is 9.94. The van der Waals surface area contributed by atoms with E-state index in [1.165, 1.54) is 31.2 Å². The van der Waals surface area contributed by atoms with Crippen molar-refractivity contribution in [2.24, 2.45) is 0 Å². The van der Waals surface area contributed by atoms with Crippen molar-refractivity contribution in [3.8, 4) is 0 Å². The minimum atomic E-state index is 0.197. The average Bonchev–Trinajstić information content (AvgIpc) is 2.43. The van der Waals surface area contributed by atoms with Gasteiger partial charge in [-0.2, -0.15) is 0 Å². The summed E-state index contributed by atoms with van der Waals surface area (Å²) >= 11 is 0. The molecule has 0 radical (unpaired) electrons. The van der Waals surface area contributed by atoms with Gasteiger partial charge in [0.25, 0.3) is 0 Å². The van der Waals surface area contributed by atoms with Crippen molar-refractivity contribution < 1.29 is 4.79 Å². The van der Waals surface area contributed by atoms with E-state index in [-0.39, 0.29) is 6.04 Å². The van der Waals surface area contributed by atoms with Gasteiger partial charge in [-0.1, -0.05) is 6.07 Å². The Morgan fingerprint density at radius 1 is 1.26 bits per heavy atom. The van der Waals surface area contributed by atoms with Gasteiger partial charge in [0.1, 0.15) is 5.82 Å². The molecular weight excluding hydrogens is 238 g/mol. The number of amides is 1. The molecule has 0 bridgehead atoms. The molecule has 1 aromatic rings. The first-order valence-electron chi connectivity index (χ1n) is 7.31. The van der Waals surface area contributed by atoms with Gasteiger partial charge in [-0.25, -0.2) is 4.98 Å². The third kappa shape index (κ3) is 2.57. The second-order valence-corrected chi connectivity index (χ2v) is 5.57. The lowest BCUT2D eigenvalue weighted by Gasteiger charge is -2.35. The number of pyridine rings is 1. The van der Waals surface area contributed by atoms with Gasteiger partial charge < -0.3 is 10.2 Å². The largest absolute Gasteiger partial charge is 0.367 e. The standard InChI is InChI=1S/C15H21N3O/c19-11-18-10-2-1-8-14(18)13-7-4-9-16-15(13)17-12-5-3-6-12/h4,7,9,11-12,14H,1-3,5-6,8,10H2,(H,16,17). The first kappa shape index (κ1) is 12.5. The summed E-state index contributed by atoms with van der Waals surface area (Å²) in [7, 11) is 0. The molecule has 2 heterocycles. The Morgan fingerprint density at radius 3 is 2.89 bits per heavy atom. The van der Waals surface area contributed by atoms with Gasteiger partial charge in [0, 0.05) is 24.3 Å². The number of hydrogen-bond acceptors (Lipinski definition) is 3. The fourth-order valence-electron chi connectivity index (χ4n) is 2.97. The highest BCUT2D eigenvalue weighted by atomic mass is 16.1. The second-order valence-electron chi connectivity index (χ2n) is 5.57. The number of aromatic nitrogens is 1. The number of likely N-dealkylation sites (tertiary alicyclic amines) is 1. The van der Waals surface area contributed by atoms with Crippen molar-refractivity contribution >= 4 is 12.2 Å². The fraction of sp³-hybridized carbons (Fsp3) is 0.600. The van der Waals surface area contributed by atoms with E-state index >= 15 is 0 Å². The van der Waals surface area contributed by atoms with E-state index in [1.807, 2.05) is 17.2 Å². The number of anilines is 1. The summed E-state index contributed by atoms with van der Waals surface area (Å²) < 4.78 is 0. The maximum Gasteiger partial charge on any atom is 0.210 e. The molecule has 1 aliphatic carbocycles. The van der Waals surface area contributed by atoms with Crippen molar-refractivity contribution in [1.82, 2.24) is 9.88 Å². The minimum absolute atomic E-state index is 0.197. The summed E-state index contributed by atoms with van der Waals surface area (Å²) in [5.41, 5.74) is 1.18. The molecule has 0 spiro atoms. The summed E-state index contributed by atoms with van der Waals surface area (Å²) in [6, 6.07) is 4.85. The molecule has 1 aromatic heterocycles. The van der Waals surface area contributed by atoms with E-state index in [2.05, 4.69) is 16.4 Å². The van der Waals surface area contributed by atoms with Crippen LogP contribution < -0.4 is 5.32 Å². The molecule has 1 N–H and O–H groups in total. The van der Waals surface area contributed by atoms with Gasteiger partial charge in [0.15, 0.2) is 0 Å². The third-order valence-corrected chi connectivity index (χ3v) is 4.32. The Labute approximate surface area is 114 Å². The lowest BCUT2D eigenvalue weighted by atomic mass is 9.92. The highest BCUT2D eigenvalue weighted by molar-refractivity contribution is 5.53. The van der Waals surface area contributed by atoms with Crippen molar-refractivity contribution in [2.75, 3.05) is 11.9 Å². The van der Waals surface area contributed by atoms with Crippen LogP contribution in [0.25, 0.3) is 0 Å². The van der Waals surface area contributed by atoms with E-state index in [1.54, 1.807) is 0 Å². The molecular formula is C15H21N3O. The maximum atomic E-state index is 11.2. The van der Waals surface area contributed by atoms with Crippen LogP contribution in [0.5, 0.6) is 0 Å². The quantitative estimate of drug-likeness (QED) is 0.846. The zero-order valence-electron chi connectivity index (χ0n) is 11.2. The Kier molecular flexibility index (Phi) is 3.67. The highest BCUT2D eigenvalue weighted by Gasteiger charge is 2.26. The average molecular weight is 259 g/mol. The van der Waals surface area contributed by atoms with E-state index in [4.69, 9.17) is 0 Å². The van der Waals surface area contributed by atoms with Crippen LogP contribution in [-0.2, 0) is 4.79 Å². The lowest BCUT2D eigenvalue weighted by Crippen LogP contribution is -2.34. The van der Waals surface area contributed by atoms with E-state index in [0.717, 1.165) is 31.6 Å². The van der Waals surface area contributed by atoms with E-state index < -0.39 is 0 Å². The molecule has 1 atom stereocenters. The molecule has 3 rings (SSSR count). The smallest absolute Gasteiger partial charge is 0.210 e. The number of hydrogen-bond donors (Lipinski definition) is 1. The first-order chi connectivity index (χ1) is 9.38. The number of nitrogens with zero attached hydrogens (tertiary/aromatic N) is 2. The van der Waals surface area contributed by atoms with Crippen LogP contribution in [-0.4, -0.2) is 28.9 Å². The van der Waals surface area contributed by atoms with Gasteiger partial charge in [-0.3, -0.25) is 4.79 Å². The summed E-state index contributed by atoms with van der Waals surface area (Å²) in [4.78, 5) is 17.6. The molecule has 1 aliphatic heterocycles. The third-order valence-electron chi connectivity index (χ3n) is 4.32. The molecule has 1 saturated heterocycles. The Balaban J connectivity index is 1.83. The lowest BCUT2D eigenvalue weighted by molar-refractivity contribution is -0.121. The van der Waals surface area contributed by atoms with Crippen LogP contribution in [0.3, 0.4) is 0 Å². The molecule has 19 heavy (non-hydrogen) atoms. The molecule has 1 unspecified atom stereocenters. The zero-order chi connectivity index (χ0) is 13.1. The Bertz CT molecular complexity index is 445. The molecule has 0 aromatic carbocycles. The molecule has 1 saturated carbocycles. The number of carbonyl (C=O) groups is 1. The number of rotatable bonds is 4. The van der Waals surface area contributed by atoms with Gasteiger partial charge in [-0.05, 0) is 44.6 Å². The van der Waals surface area contributed by atoms with Crippen LogP contribution in [0.4, 0.5) is 5.82 Å². The molecule has 2 fully saturated rings. The van der Waals surface area contributed by atoms with Crippen molar-refractivity contribution in [3.05, 3.63) is 23.9 Å². The summed E-state index contributed by atoms with van der Waals surface area (Å²) in [5, 5.41) is 3.54. The SMILES string of the molecule is O=CN1CCCCC1c1cccnc1NC1CCC1. The summed E-state index contributed by atoms with van der Waals surface area (Å²) in [5.74, 6) is 0.978. The monoisotopic (exact) mass is 259 g/mol. The van der Waals surface area contributed by atoms with Crippen LogP contribution >= 0.6 is 0 Å². The topological polar surface area (TPSA) is 45.2 Å². The predicted molar refractivity (Wildman–Crippen MR) is 74.9 cm³/mol. The molecule has 102 valence electrons. The predicted octanol–water partition coefficient (Wildman–Crippen LogP) is 2.73. The van der Waals surface area contributed by atoms with Crippen LogP contribution in [0.15, 0.2) is 18.3 Å². The van der Waals surface area contributed by atoms with E-state index in [9.17, 15) is 4.79 Å². The second kappa shape index (κ2) is 5.59. The molecule has 4 heteroatoms. The van der Waals surface area contributed by atoms with Crippen LogP contribution in [0, 0.1) is 0 Å². The Morgan fingerprint density at radius 2 is 2.16 bits per heavy atom. The number of nitrogens with one attached hydrogen (secondary N) is 1. The van der Waals surface area contributed by atoms with E-state index in [0.29, 0.717) is 6.04 Å². The molecule has 4 nitrogen and oxygen atoms in total. The normalized spacial score (nSPS) is 23.8. The summed E-state index contributed by atoms with van der Waals surface area (Å²) in [6.45, 7) is 0.867. The highest BCUT2D eigenvalue weighted by Crippen LogP contribution is 2.34. The Hall–Kier alpha value is -1.58. The number of carbonyl (C=O) groups excluding carboxylic acids is 1. The fourth-order valence-corrected chi connectivity index (χ4v) is 2.97. The van der Waals surface area contributed by atoms with Crippen molar-refractivity contribution in [2.45, 2.75) is 50.6 Å². The van der Waals surface area contributed by atoms with Gasteiger partial charge in [0.2, 0.25) is 6.41 Å². The zero-order valence-corrected chi connectivity index (χ0v) is 11.2. The first-order valence-corrected chi connectivity index (χ1v) is 7.31. The minimum Gasteiger partial charge on any atom is -0.367 e. The maximum absolute atomic E-state index is 11.2. The van der Waals surface area contributed by atoms with Gasteiger partial charge >= 0.3 is 0 Å². The van der Waals surface area contributed by atoms with Crippen LogP contribution in [0.1, 0.15) is 50.1 Å². The van der Waals surface area contributed by atoms with Crippen molar-refractivity contribution in [1.29, 1.82) is 0 Å². The molecule has 2 aliphatic rings.